The van der Waals surface area contributed by atoms with Gasteiger partial charge in [-0.25, -0.2) is 0 Å². The van der Waals surface area contributed by atoms with E-state index in [9.17, 15) is 0 Å². The summed E-state index contributed by atoms with van der Waals surface area (Å²) >= 11 is 7.61. The van der Waals surface area contributed by atoms with Crippen LogP contribution in [0.3, 0.4) is 0 Å². The van der Waals surface area contributed by atoms with E-state index in [1.807, 2.05) is 45.3 Å². The monoisotopic (exact) mass is 1240 g/mol. The van der Waals surface area contributed by atoms with Gasteiger partial charge in [-0.05, 0) is 127 Å². The molecule has 20 rings (SSSR count). The highest BCUT2D eigenvalue weighted by Gasteiger charge is 2.23. The third kappa shape index (κ3) is 8.35. The largest absolute Gasteiger partial charge is 0.308 e. The first-order chi connectivity index (χ1) is 45.7. The Hall–Kier alpha value is -10.7. The summed E-state index contributed by atoms with van der Waals surface area (Å²) in [7, 11) is 0. The SMILES string of the molecule is c1ccc(-c2cccc3c2sc2cccc(-c4ccccc4-c4ccc5c(c4)sc4c6ccccc6n(-c6ccccc6)c54)c23)cc1.c1ccc(-n2c3ccccc3c3sc4cc(-c5ccccc5-c5cccc6sc7c8ccccc8ccc7c56)ccc4c32)cc1. The summed E-state index contributed by atoms with van der Waals surface area (Å²) in [5.74, 6) is 0. The van der Waals surface area contributed by atoms with Crippen molar-refractivity contribution in [3.63, 3.8) is 0 Å². The molecule has 92 heavy (non-hydrogen) atoms. The lowest BCUT2D eigenvalue weighted by Gasteiger charge is -2.13. The van der Waals surface area contributed by atoms with Gasteiger partial charge in [-0.1, -0.05) is 255 Å². The fraction of sp³-hybridized carbons (Fsp3) is 0. The smallest absolute Gasteiger partial charge is 0.0727 e. The summed E-state index contributed by atoms with van der Waals surface area (Å²) in [6.45, 7) is 0. The van der Waals surface area contributed by atoms with Crippen molar-refractivity contribution in [1.82, 2.24) is 9.13 Å². The maximum Gasteiger partial charge on any atom is 0.0727 e. The number of nitrogens with zero attached hydrogens (tertiary/aromatic N) is 2. The van der Waals surface area contributed by atoms with Crippen molar-refractivity contribution in [1.29, 1.82) is 0 Å². The number of aromatic nitrogens is 2. The molecule has 6 heterocycles. The van der Waals surface area contributed by atoms with Crippen molar-refractivity contribution in [3.8, 4) is 67.0 Å². The molecule has 0 N–H and O–H groups in total. The maximum absolute atomic E-state index is 2.43. The van der Waals surface area contributed by atoms with Crippen LogP contribution in [0.5, 0.6) is 0 Å². The number of thiophene rings is 4. The Morgan fingerprint density at radius 1 is 0.207 bits per heavy atom. The summed E-state index contributed by atoms with van der Waals surface area (Å²) in [6, 6.07) is 115. The minimum Gasteiger partial charge on any atom is -0.308 e. The van der Waals surface area contributed by atoms with Crippen LogP contribution >= 0.6 is 45.3 Å². The molecule has 0 atom stereocenters. The quantitative estimate of drug-likeness (QED) is 0.151. The van der Waals surface area contributed by atoms with E-state index >= 15 is 0 Å². The average Bonchev–Trinajstić information content (AvgIpc) is 1.58. The second-order valence-electron chi connectivity index (χ2n) is 23.7. The lowest BCUT2D eigenvalue weighted by atomic mass is 9.91. The average molecular weight is 1240 g/mol. The number of hydrogen-bond acceptors (Lipinski definition) is 4. The number of benzene rings is 14. The van der Waals surface area contributed by atoms with Gasteiger partial charge in [-0.2, -0.15) is 0 Å². The van der Waals surface area contributed by atoms with Crippen LogP contribution in [0, 0.1) is 0 Å². The van der Waals surface area contributed by atoms with Gasteiger partial charge in [0.1, 0.15) is 0 Å². The summed E-state index contributed by atoms with van der Waals surface area (Å²) in [6.07, 6.45) is 0. The highest BCUT2D eigenvalue weighted by Crippen LogP contribution is 2.50. The highest BCUT2D eigenvalue weighted by molar-refractivity contribution is 7.28. The van der Waals surface area contributed by atoms with Crippen LogP contribution in [-0.4, -0.2) is 9.13 Å². The normalized spacial score (nSPS) is 11.9. The van der Waals surface area contributed by atoms with Crippen LogP contribution in [0.2, 0.25) is 0 Å². The Bertz CT molecular complexity index is 6310. The molecule has 20 aromatic rings. The molecule has 0 spiro atoms. The summed E-state index contributed by atoms with van der Waals surface area (Å²) < 4.78 is 15.5. The van der Waals surface area contributed by atoms with Crippen LogP contribution in [0.15, 0.2) is 315 Å². The zero-order chi connectivity index (χ0) is 60.4. The van der Waals surface area contributed by atoms with Gasteiger partial charge in [0.2, 0.25) is 0 Å². The van der Waals surface area contributed by atoms with Gasteiger partial charge in [0, 0.05) is 82.7 Å². The minimum atomic E-state index is 1.19. The van der Waals surface area contributed by atoms with Gasteiger partial charge < -0.3 is 9.13 Å². The molecular formula is C86H52N2S4. The Morgan fingerprint density at radius 3 is 1.15 bits per heavy atom. The van der Waals surface area contributed by atoms with Crippen molar-refractivity contribution in [2.45, 2.75) is 0 Å². The number of hydrogen-bond donors (Lipinski definition) is 0. The predicted octanol–water partition coefficient (Wildman–Crippen LogP) is 26.2. The molecule has 0 fully saturated rings. The third-order valence-corrected chi connectivity index (χ3v) is 23.4. The summed E-state index contributed by atoms with van der Waals surface area (Å²) in [5.41, 5.74) is 20.2. The standard InChI is InChI=1S/C44H27NS2.C42H25NS2/c1-3-13-28(14-4-1)32-20-11-22-37-41-34(21-12-24-39(41)46-43(32)37)33-18-8-7-17-31(33)29-25-26-36-40(27-29)47-44-35-19-9-10-23-38(35)45(42(36)44)30-15-5-2-6-16-30;1-2-12-28(13-3-1)43-36-19-9-8-17-33(36)42-40(43)34-23-22-27(25-38(34)45-42)29-14-6-7-16-31(29)32-18-10-20-37-39(32)35-24-21-26-11-4-5-15-30(26)41(35)44-37/h1-27H;1-25H. The molecule has 2 nitrogen and oxygen atoms in total. The molecule has 14 aromatic carbocycles. The molecular weight excluding hydrogens is 1190 g/mol. The lowest BCUT2D eigenvalue weighted by Crippen LogP contribution is -1.92. The van der Waals surface area contributed by atoms with E-state index < -0.39 is 0 Å². The van der Waals surface area contributed by atoms with E-state index in [-0.39, 0.29) is 0 Å². The first kappa shape index (κ1) is 53.2. The fourth-order valence-corrected chi connectivity index (χ4v) is 19.6. The van der Waals surface area contributed by atoms with Gasteiger partial charge in [0.25, 0.3) is 0 Å². The Labute approximate surface area is 546 Å². The van der Waals surface area contributed by atoms with Gasteiger partial charge in [-0.15, -0.1) is 45.3 Å². The van der Waals surface area contributed by atoms with Crippen LogP contribution in [0.1, 0.15) is 0 Å². The molecule has 0 unspecified atom stereocenters. The minimum absolute atomic E-state index is 1.19. The summed E-state index contributed by atoms with van der Waals surface area (Å²) in [5, 5.41) is 13.2. The van der Waals surface area contributed by atoms with Crippen molar-refractivity contribution >= 4 is 159 Å². The molecule has 0 amide bonds. The van der Waals surface area contributed by atoms with E-state index in [1.54, 1.807) is 0 Å². The molecule has 0 aliphatic rings. The number of rotatable bonds is 7. The molecule has 0 bridgehead atoms. The Balaban J connectivity index is 0.000000132. The van der Waals surface area contributed by atoms with Crippen molar-refractivity contribution in [3.05, 3.63) is 315 Å². The molecule has 6 aromatic heterocycles. The van der Waals surface area contributed by atoms with Crippen LogP contribution in [-0.2, 0) is 0 Å². The molecule has 0 aliphatic heterocycles. The maximum atomic E-state index is 2.43. The third-order valence-electron chi connectivity index (χ3n) is 18.6. The Kier molecular flexibility index (Phi) is 12.4. The number of fused-ring (bicyclic) bond motifs is 18. The van der Waals surface area contributed by atoms with Crippen molar-refractivity contribution < 1.29 is 0 Å². The van der Waals surface area contributed by atoms with Crippen molar-refractivity contribution in [2.24, 2.45) is 0 Å². The van der Waals surface area contributed by atoms with Gasteiger partial charge in [0.15, 0.2) is 0 Å². The first-order valence-corrected chi connectivity index (χ1v) is 34.5. The van der Waals surface area contributed by atoms with E-state index in [0.29, 0.717) is 0 Å². The van der Waals surface area contributed by atoms with E-state index in [1.165, 1.54) is 181 Å². The molecule has 430 valence electrons. The first-order valence-electron chi connectivity index (χ1n) is 31.2. The van der Waals surface area contributed by atoms with Gasteiger partial charge in [0.05, 0.1) is 31.5 Å². The fourth-order valence-electron chi connectivity index (χ4n) is 14.6. The molecule has 0 radical (unpaired) electrons. The topological polar surface area (TPSA) is 9.86 Å². The molecule has 0 saturated heterocycles. The van der Waals surface area contributed by atoms with Crippen molar-refractivity contribution in [2.75, 3.05) is 0 Å². The highest BCUT2D eigenvalue weighted by atomic mass is 32.1. The summed E-state index contributed by atoms with van der Waals surface area (Å²) in [4.78, 5) is 0. The zero-order valence-electron chi connectivity index (χ0n) is 49.5. The molecule has 0 aliphatic carbocycles. The van der Waals surface area contributed by atoms with Crippen LogP contribution in [0.4, 0.5) is 0 Å². The second kappa shape index (κ2) is 21.5. The van der Waals surface area contributed by atoms with Crippen LogP contribution < -0.4 is 0 Å². The Morgan fingerprint density at radius 2 is 0.598 bits per heavy atom. The van der Waals surface area contributed by atoms with Gasteiger partial charge >= 0.3 is 0 Å². The zero-order valence-corrected chi connectivity index (χ0v) is 52.8. The van der Waals surface area contributed by atoms with E-state index in [2.05, 4.69) is 325 Å². The molecule has 6 heteroatoms. The predicted molar refractivity (Wildman–Crippen MR) is 403 cm³/mol. The molecule has 0 saturated carbocycles. The second-order valence-corrected chi connectivity index (χ2v) is 27.9. The van der Waals surface area contributed by atoms with Crippen LogP contribution in [0.25, 0.3) is 181 Å². The lowest BCUT2D eigenvalue weighted by molar-refractivity contribution is 1.19. The van der Waals surface area contributed by atoms with E-state index in [0.717, 1.165) is 0 Å². The number of para-hydroxylation sites is 4. The van der Waals surface area contributed by atoms with E-state index in [4.69, 9.17) is 0 Å². The van der Waals surface area contributed by atoms with Gasteiger partial charge in [-0.3, -0.25) is 0 Å².